The summed E-state index contributed by atoms with van der Waals surface area (Å²) >= 11 is 5.66. The molecule has 11 heteroatoms. The Balaban J connectivity index is 2.96. The molecule has 44 heavy (non-hydrogen) atoms. The van der Waals surface area contributed by atoms with Crippen LogP contribution in [0.4, 0.5) is 0 Å². The largest absolute Gasteiger partial charge is 0.464 e. The number of benzene rings is 1. The average Bonchev–Trinajstić information content (AvgIpc) is 3.03. The van der Waals surface area contributed by atoms with E-state index in [1.165, 1.54) is 32.1 Å². The van der Waals surface area contributed by atoms with Crippen molar-refractivity contribution in [2.24, 2.45) is 11.7 Å². The lowest BCUT2D eigenvalue weighted by Crippen LogP contribution is -2.59. The third kappa shape index (κ3) is 16.2. The van der Waals surface area contributed by atoms with Crippen molar-refractivity contribution in [3.8, 4) is 0 Å². The van der Waals surface area contributed by atoms with Gasteiger partial charge in [0.15, 0.2) is 0 Å². The maximum Gasteiger partial charge on any atom is 0.328 e. The van der Waals surface area contributed by atoms with Crippen molar-refractivity contribution in [1.82, 2.24) is 16.0 Å². The first kappa shape index (κ1) is 39.8. The zero-order chi connectivity index (χ0) is 32.7. The van der Waals surface area contributed by atoms with Crippen molar-refractivity contribution >= 4 is 48.1 Å². The number of carbonyl (C=O) groups is 4. The molecule has 0 saturated heterocycles. The van der Waals surface area contributed by atoms with E-state index in [4.69, 9.17) is 10.5 Å². The van der Waals surface area contributed by atoms with Gasteiger partial charge in [-0.05, 0) is 36.3 Å². The third-order valence-electron chi connectivity index (χ3n) is 7.70. The Morgan fingerprint density at radius 2 is 1.48 bits per heavy atom. The van der Waals surface area contributed by atoms with E-state index in [0.29, 0.717) is 25.2 Å². The molecule has 5 N–H and O–H groups in total. The van der Waals surface area contributed by atoms with Gasteiger partial charge in [0.2, 0.25) is 17.7 Å². The summed E-state index contributed by atoms with van der Waals surface area (Å²) < 4.78 is 5.57. The molecule has 0 radical (unpaired) electrons. The minimum Gasteiger partial charge on any atom is -0.464 e. The molecule has 3 amide bonds. The van der Waals surface area contributed by atoms with Crippen LogP contribution in [0.5, 0.6) is 0 Å². The molecule has 0 aliphatic heterocycles. The number of hydrogen-bond donors (Lipinski definition) is 5. The molecule has 0 bridgehead atoms. The zero-order valence-electron chi connectivity index (χ0n) is 27.1. The minimum absolute atomic E-state index is 0.131. The molecular weight excluding hydrogens is 597 g/mol. The van der Waals surface area contributed by atoms with Gasteiger partial charge in [-0.25, -0.2) is 4.79 Å². The zero-order valence-corrected chi connectivity index (χ0v) is 28.9. The normalized spacial score (nSPS) is 14.5. The number of nitrogens with two attached hydrogens (primary N) is 1. The molecular formula is C33H56N4O5S2. The van der Waals surface area contributed by atoms with E-state index in [-0.39, 0.29) is 18.1 Å². The summed E-state index contributed by atoms with van der Waals surface area (Å²) in [4.78, 5) is 52.8. The van der Waals surface area contributed by atoms with Crippen LogP contribution in [0, 0.1) is 5.92 Å². The Morgan fingerprint density at radius 1 is 0.864 bits per heavy atom. The number of carbonyl (C=O) groups excluding carboxylic acids is 4. The molecule has 5 atom stereocenters. The van der Waals surface area contributed by atoms with E-state index in [2.05, 4.69) is 35.5 Å². The second kappa shape index (κ2) is 24.1. The van der Waals surface area contributed by atoms with Gasteiger partial charge in [-0.1, -0.05) is 102 Å². The Hall–Kier alpha value is -2.24. The molecule has 0 saturated carbocycles. The van der Waals surface area contributed by atoms with Crippen molar-refractivity contribution in [2.75, 3.05) is 24.4 Å². The lowest BCUT2D eigenvalue weighted by molar-refractivity contribution is -0.148. The highest BCUT2D eigenvalue weighted by Crippen LogP contribution is 2.12. The molecule has 0 fully saturated rings. The standard InChI is InChI=1S/C33H56N4O5S2/c1-5-7-8-9-10-11-12-16-20-42-33(41)27(19-21-44-4)35-31(39)28(22-25-17-14-13-15-18-25)36-32(40)29(24(3)6-2)37-30(38)26(34)23-43/h13-15,17-18,24,26-29,43H,5-12,16,19-23,34H2,1-4H3,(H,35,39)(H,36,40)(H,37,38)/t24?,26-,27-,28-,29-/m0/s1. The summed E-state index contributed by atoms with van der Waals surface area (Å²) in [6.45, 7) is 6.29. The monoisotopic (exact) mass is 652 g/mol. The van der Waals surface area contributed by atoms with Crippen molar-refractivity contribution in [3.63, 3.8) is 0 Å². The highest BCUT2D eigenvalue weighted by molar-refractivity contribution is 7.98. The van der Waals surface area contributed by atoms with Gasteiger partial charge in [-0.15, -0.1) is 0 Å². The van der Waals surface area contributed by atoms with Gasteiger partial charge in [0.25, 0.3) is 0 Å². The molecule has 1 rings (SSSR count). The van der Waals surface area contributed by atoms with E-state index in [9.17, 15) is 19.2 Å². The first-order chi connectivity index (χ1) is 21.2. The Labute approximate surface area is 274 Å². The molecule has 250 valence electrons. The number of ether oxygens (including phenoxy) is 1. The maximum absolute atomic E-state index is 13.7. The SMILES string of the molecule is CCCCCCCCCCOC(=O)[C@H](CCSC)NC(=O)[C@H](Cc1ccccc1)NC(=O)[C@@H](NC(=O)[C@@H](N)CS)C(C)CC. The van der Waals surface area contributed by atoms with Gasteiger partial charge in [-0.3, -0.25) is 14.4 Å². The second-order valence-electron chi connectivity index (χ2n) is 11.4. The van der Waals surface area contributed by atoms with Gasteiger partial charge >= 0.3 is 5.97 Å². The number of unbranched alkanes of at least 4 members (excludes halogenated alkanes) is 7. The van der Waals surface area contributed by atoms with Crippen molar-refractivity contribution in [1.29, 1.82) is 0 Å². The molecule has 1 unspecified atom stereocenters. The van der Waals surface area contributed by atoms with E-state index < -0.39 is 47.9 Å². The van der Waals surface area contributed by atoms with Crippen molar-refractivity contribution in [3.05, 3.63) is 35.9 Å². The lowest BCUT2D eigenvalue weighted by atomic mass is 9.96. The molecule has 0 spiro atoms. The molecule has 1 aromatic rings. The van der Waals surface area contributed by atoms with Crippen LogP contribution in [0.2, 0.25) is 0 Å². The quantitative estimate of drug-likeness (QED) is 0.0633. The van der Waals surface area contributed by atoms with Crippen LogP contribution in [-0.2, 0) is 30.3 Å². The predicted molar refractivity (Wildman–Crippen MR) is 184 cm³/mol. The fourth-order valence-electron chi connectivity index (χ4n) is 4.63. The van der Waals surface area contributed by atoms with Crippen LogP contribution >= 0.6 is 24.4 Å². The number of rotatable bonds is 24. The fraction of sp³-hybridized carbons (Fsp3) is 0.697. The Bertz CT molecular complexity index is 969. The number of esters is 1. The third-order valence-corrected chi connectivity index (χ3v) is 8.73. The molecule has 0 aliphatic rings. The van der Waals surface area contributed by atoms with Crippen molar-refractivity contribution < 1.29 is 23.9 Å². The predicted octanol–water partition coefficient (Wildman–Crippen LogP) is 4.42. The van der Waals surface area contributed by atoms with Gasteiger partial charge in [0, 0.05) is 12.2 Å². The first-order valence-corrected chi connectivity index (χ1v) is 18.2. The van der Waals surface area contributed by atoms with Crippen LogP contribution in [0.3, 0.4) is 0 Å². The molecule has 0 heterocycles. The summed E-state index contributed by atoms with van der Waals surface area (Å²) in [7, 11) is 0. The van der Waals surface area contributed by atoms with Gasteiger partial charge in [0.05, 0.1) is 12.6 Å². The van der Waals surface area contributed by atoms with Crippen LogP contribution in [-0.4, -0.2) is 72.2 Å². The molecule has 0 aromatic heterocycles. The van der Waals surface area contributed by atoms with E-state index in [1.807, 2.05) is 50.4 Å². The first-order valence-electron chi connectivity index (χ1n) is 16.1. The molecule has 1 aromatic carbocycles. The highest BCUT2D eigenvalue weighted by atomic mass is 32.2. The topological polar surface area (TPSA) is 140 Å². The minimum atomic E-state index is -0.982. The summed E-state index contributed by atoms with van der Waals surface area (Å²) in [5, 5.41) is 8.42. The molecule has 0 aliphatic carbocycles. The molecule has 9 nitrogen and oxygen atoms in total. The second-order valence-corrected chi connectivity index (χ2v) is 12.7. The number of nitrogens with one attached hydrogen (secondary N) is 3. The summed E-state index contributed by atoms with van der Waals surface area (Å²) in [6, 6.07) is 5.75. The van der Waals surface area contributed by atoms with Gasteiger partial charge < -0.3 is 26.4 Å². The van der Waals surface area contributed by atoms with Crippen molar-refractivity contribution in [2.45, 2.75) is 116 Å². The van der Waals surface area contributed by atoms with E-state index in [0.717, 1.165) is 24.8 Å². The number of thioether (sulfide) groups is 1. The fourth-order valence-corrected chi connectivity index (χ4v) is 5.27. The van der Waals surface area contributed by atoms with Crippen LogP contribution in [0.1, 0.15) is 90.5 Å². The maximum atomic E-state index is 13.7. The summed E-state index contributed by atoms with van der Waals surface area (Å²) in [5.74, 6) is -1.36. The van der Waals surface area contributed by atoms with Gasteiger partial charge in [-0.2, -0.15) is 24.4 Å². The lowest BCUT2D eigenvalue weighted by Gasteiger charge is -2.28. The van der Waals surface area contributed by atoms with E-state index in [1.54, 1.807) is 11.8 Å². The Kier molecular flexibility index (Phi) is 21.7. The smallest absolute Gasteiger partial charge is 0.328 e. The van der Waals surface area contributed by atoms with Crippen LogP contribution in [0.25, 0.3) is 0 Å². The average molecular weight is 653 g/mol. The van der Waals surface area contributed by atoms with Crippen LogP contribution in [0.15, 0.2) is 30.3 Å². The highest BCUT2D eigenvalue weighted by Gasteiger charge is 2.32. The summed E-state index contributed by atoms with van der Waals surface area (Å²) in [5.41, 5.74) is 6.67. The Morgan fingerprint density at radius 3 is 2.07 bits per heavy atom. The van der Waals surface area contributed by atoms with Gasteiger partial charge in [0.1, 0.15) is 18.1 Å². The van der Waals surface area contributed by atoms with Crippen LogP contribution < -0.4 is 21.7 Å². The van der Waals surface area contributed by atoms with E-state index >= 15 is 0 Å². The number of hydrogen-bond acceptors (Lipinski definition) is 8. The number of thiol groups is 1. The number of amides is 3. The summed E-state index contributed by atoms with van der Waals surface area (Å²) in [6.07, 6.45) is 12.3.